The number of rotatable bonds is 3. The van der Waals surface area contributed by atoms with Crippen molar-refractivity contribution >= 4 is 23.3 Å². The lowest BCUT2D eigenvalue weighted by atomic mass is 10.2. The predicted molar refractivity (Wildman–Crippen MR) is 72.9 cm³/mol. The third kappa shape index (κ3) is 2.88. The highest BCUT2D eigenvalue weighted by Crippen LogP contribution is 2.20. The van der Waals surface area contributed by atoms with Gasteiger partial charge in [-0.1, -0.05) is 11.6 Å². The molecule has 2 aromatic rings. The molecule has 0 saturated carbocycles. The Morgan fingerprint density at radius 3 is 2.58 bits per heavy atom. The molecular weight excluding hydrogens is 266 g/mol. The topological polar surface area (TPSA) is 70.1 Å². The minimum Gasteiger partial charge on any atom is -0.456 e. The van der Waals surface area contributed by atoms with E-state index in [-0.39, 0.29) is 6.61 Å². The van der Waals surface area contributed by atoms with E-state index >= 15 is 0 Å². The first kappa shape index (κ1) is 13.4. The summed E-state index contributed by atoms with van der Waals surface area (Å²) >= 11 is 6.07. The number of nitrogen functional groups attached to an aromatic ring is 1. The van der Waals surface area contributed by atoms with E-state index in [0.29, 0.717) is 27.7 Å². The van der Waals surface area contributed by atoms with E-state index < -0.39 is 5.97 Å². The number of nitrogens with two attached hydrogens (primary N) is 1. The molecule has 1 heterocycles. The van der Waals surface area contributed by atoms with Crippen LogP contribution in [-0.4, -0.2) is 15.7 Å². The minimum absolute atomic E-state index is 0.0827. The third-order valence-corrected chi connectivity index (χ3v) is 3.24. The van der Waals surface area contributed by atoms with E-state index in [1.807, 2.05) is 0 Å². The summed E-state index contributed by atoms with van der Waals surface area (Å²) in [6, 6.07) is 6.54. The molecule has 2 N–H and O–H groups in total. The largest absolute Gasteiger partial charge is 0.456 e. The van der Waals surface area contributed by atoms with Crippen molar-refractivity contribution in [2.24, 2.45) is 7.05 Å². The van der Waals surface area contributed by atoms with Gasteiger partial charge in [-0.05, 0) is 31.2 Å². The Morgan fingerprint density at radius 1 is 1.42 bits per heavy atom. The molecule has 6 heteroatoms. The SMILES string of the molecule is Cc1nn(C)c(COC(=O)c2ccc(N)cc2)c1Cl. The van der Waals surface area contributed by atoms with E-state index in [4.69, 9.17) is 22.1 Å². The Bertz CT molecular complexity index is 605. The quantitative estimate of drug-likeness (QED) is 0.691. The number of anilines is 1. The van der Waals surface area contributed by atoms with Gasteiger partial charge < -0.3 is 10.5 Å². The molecule has 0 unspecified atom stereocenters. The van der Waals surface area contributed by atoms with Crippen LogP contribution in [0.4, 0.5) is 5.69 Å². The van der Waals surface area contributed by atoms with Crippen LogP contribution in [-0.2, 0) is 18.4 Å². The standard InChI is InChI=1S/C13H14ClN3O2/c1-8-12(14)11(17(2)16-8)7-19-13(18)9-3-5-10(15)6-4-9/h3-6H,7,15H2,1-2H3. The second kappa shape index (κ2) is 5.32. The predicted octanol–water partition coefficient (Wildman–Crippen LogP) is 2.32. The zero-order valence-electron chi connectivity index (χ0n) is 10.7. The van der Waals surface area contributed by atoms with Crippen LogP contribution in [0.25, 0.3) is 0 Å². The summed E-state index contributed by atoms with van der Waals surface area (Å²) < 4.78 is 6.81. The molecule has 0 radical (unpaired) electrons. The summed E-state index contributed by atoms with van der Waals surface area (Å²) in [4.78, 5) is 11.8. The number of aryl methyl sites for hydroxylation is 2. The normalized spacial score (nSPS) is 10.5. The highest BCUT2D eigenvalue weighted by molar-refractivity contribution is 6.31. The second-order valence-electron chi connectivity index (χ2n) is 4.17. The Morgan fingerprint density at radius 2 is 2.05 bits per heavy atom. The molecule has 5 nitrogen and oxygen atoms in total. The van der Waals surface area contributed by atoms with E-state index in [2.05, 4.69) is 5.10 Å². The lowest BCUT2D eigenvalue weighted by molar-refractivity contribution is 0.0463. The summed E-state index contributed by atoms with van der Waals surface area (Å²) in [5.74, 6) is -0.421. The highest BCUT2D eigenvalue weighted by Gasteiger charge is 2.14. The van der Waals surface area contributed by atoms with Crippen molar-refractivity contribution in [2.45, 2.75) is 13.5 Å². The fourth-order valence-electron chi connectivity index (χ4n) is 1.67. The number of aromatic nitrogens is 2. The average Bonchev–Trinajstić information content (AvgIpc) is 2.62. The van der Waals surface area contributed by atoms with Crippen molar-refractivity contribution < 1.29 is 9.53 Å². The van der Waals surface area contributed by atoms with Gasteiger partial charge in [0.25, 0.3) is 0 Å². The molecule has 2 rings (SSSR count). The van der Waals surface area contributed by atoms with E-state index in [9.17, 15) is 4.79 Å². The third-order valence-electron chi connectivity index (χ3n) is 2.75. The Labute approximate surface area is 115 Å². The molecule has 0 saturated heterocycles. The number of esters is 1. The molecular formula is C13H14ClN3O2. The van der Waals surface area contributed by atoms with Gasteiger partial charge in [-0.2, -0.15) is 5.10 Å². The van der Waals surface area contributed by atoms with Crippen LogP contribution in [0, 0.1) is 6.92 Å². The maximum absolute atomic E-state index is 11.8. The summed E-state index contributed by atoms with van der Waals surface area (Å²) in [7, 11) is 1.76. The smallest absolute Gasteiger partial charge is 0.338 e. The Kier molecular flexibility index (Phi) is 3.76. The molecule has 0 aliphatic rings. The van der Waals surface area contributed by atoms with E-state index in [1.165, 1.54) is 0 Å². The van der Waals surface area contributed by atoms with Crippen LogP contribution in [0.1, 0.15) is 21.7 Å². The van der Waals surface area contributed by atoms with Crippen LogP contribution in [0.2, 0.25) is 5.02 Å². The number of carbonyl (C=O) groups excluding carboxylic acids is 1. The fraction of sp³-hybridized carbons (Fsp3) is 0.231. The summed E-state index contributed by atoms with van der Waals surface area (Å²) in [5, 5.41) is 4.67. The monoisotopic (exact) mass is 279 g/mol. The van der Waals surface area contributed by atoms with Crippen molar-refractivity contribution in [3.63, 3.8) is 0 Å². The fourth-order valence-corrected chi connectivity index (χ4v) is 1.89. The van der Waals surface area contributed by atoms with Crippen molar-refractivity contribution in [1.29, 1.82) is 0 Å². The maximum atomic E-state index is 11.8. The van der Waals surface area contributed by atoms with Gasteiger partial charge in [-0.3, -0.25) is 4.68 Å². The average molecular weight is 280 g/mol. The van der Waals surface area contributed by atoms with Crippen LogP contribution in [0.5, 0.6) is 0 Å². The lowest BCUT2D eigenvalue weighted by Gasteiger charge is -2.06. The summed E-state index contributed by atoms with van der Waals surface area (Å²) in [6.07, 6.45) is 0. The number of halogens is 1. The zero-order chi connectivity index (χ0) is 14.0. The van der Waals surface area contributed by atoms with Crippen LogP contribution in [0.15, 0.2) is 24.3 Å². The van der Waals surface area contributed by atoms with Crippen molar-refractivity contribution in [3.05, 3.63) is 46.2 Å². The van der Waals surface area contributed by atoms with Gasteiger partial charge in [0, 0.05) is 12.7 Å². The van der Waals surface area contributed by atoms with Gasteiger partial charge in [-0.15, -0.1) is 0 Å². The zero-order valence-corrected chi connectivity index (χ0v) is 11.4. The summed E-state index contributed by atoms with van der Waals surface area (Å²) in [5.41, 5.74) is 7.98. The molecule has 100 valence electrons. The van der Waals surface area contributed by atoms with Crippen LogP contribution < -0.4 is 5.73 Å². The molecule has 0 fully saturated rings. The lowest BCUT2D eigenvalue weighted by Crippen LogP contribution is -2.08. The van der Waals surface area contributed by atoms with Crippen molar-refractivity contribution in [1.82, 2.24) is 9.78 Å². The number of hydrogen-bond acceptors (Lipinski definition) is 4. The Hall–Kier alpha value is -2.01. The van der Waals surface area contributed by atoms with Crippen molar-refractivity contribution in [3.8, 4) is 0 Å². The second-order valence-corrected chi connectivity index (χ2v) is 4.55. The number of nitrogens with zero attached hydrogens (tertiary/aromatic N) is 2. The molecule has 0 bridgehead atoms. The first-order valence-electron chi connectivity index (χ1n) is 5.69. The molecule has 0 aliphatic carbocycles. The van der Waals surface area contributed by atoms with Gasteiger partial charge in [0.15, 0.2) is 0 Å². The number of benzene rings is 1. The van der Waals surface area contributed by atoms with Crippen molar-refractivity contribution in [2.75, 3.05) is 5.73 Å². The molecule has 19 heavy (non-hydrogen) atoms. The van der Waals surface area contributed by atoms with E-state index in [0.717, 1.165) is 0 Å². The molecule has 0 amide bonds. The molecule has 0 aliphatic heterocycles. The number of carbonyl (C=O) groups is 1. The number of ether oxygens (including phenoxy) is 1. The molecule has 0 spiro atoms. The van der Waals surface area contributed by atoms with Crippen LogP contribution in [0.3, 0.4) is 0 Å². The number of hydrogen-bond donors (Lipinski definition) is 1. The maximum Gasteiger partial charge on any atom is 0.338 e. The molecule has 0 atom stereocenters. The molecule has 1 aromatic heterocycles. The highest BCUT2D eigenvalue weighted by atomic mass is 35.5. The van der Waals surface area contributed by atoms with Gasteiger partial charge >= 0.3 is 5.97 Å². The van der Waals surface area contributed by atoms with E-state index in [1.54, 1.807) is 42.9 Å². The van der Waals surface area contributed by atoms with Gasteiger partial charge in [0.1, 0.15) is 6.61 Å². The molecule has 1 aromatic carbocycles. The van der Waals surface area contributed by atoms with Gasteiger partial charge in [0.05, 0.1) is 22.0 Å². The van der Waals surface area contributed by atoms with Gasteiger partial charge in [-0.25, -0.2) is 4.79 Å². The van der Waals surface area contributed by atoms with Crippen LogP contribution >= 0.6 is 11.6 Å². The minimum atomic E-state index is -0.421. The first-order valence-corrected chi connectivity index (χ1v) is 6.07. The Balaban J connectivity index is 2.06. The van der Waals surface area contributed by atoms with Gasteiger partial charge in [0.2, 0.25) is 0 Å². The summed E-state index contributed by atoms with van der Waals surface area (Å²) in [6.45, 7) is 1.88. The first-order chi connectivity index (χ1) is 8.99.